The van der Waals surface area contributed by atoms with Crippen molar-refractivity contribution in [2.75, 3.05) is 0 Å². The Kier molecular flexibility index (Phi) is 8.21. The SMILES string of the molecule is CC(C)(C)c1cc(-c2cc3ccccc3cn2)[c-]c(-c2ccc(C(C)(C)C)c3ccc(-c4cc5nc6cc(C(F)(F)F)on6c5nn4)[c-]c23)c1.[Pt+2]. The van der Waals surface area contributed by atoms with E-state index in [1.165, 1.54) is 5.56 Å². The van der Waals surface area contributed by atoms with Gasteiger partial charge in [0.15, 0.2) is 5.65 Å². The summed E-state index contributed by atoms with van der Waals surface area (Å²) in [5.41, 5.74) is 7.23. The molecule has 0 amide bonds. The number of aromatic nitrogens is 5. The summed E-state index contributed by atoms with van der Waals surface area (Å²) in [6.07, 6.45) is -2.74. The molecule has 8 aromatic rings. The Morgan fingerprint density at radius 3 is 2.18 bits per heavy atom. The molecule has 6 nitrogen and oxygen atoms in total. The normalized spacial score (nSPS) is 12.6. The van der Waals surface area contributed by atoms with Crippen LogP contribution in [0, 0.1) is 12.1 Å². The van der Waals surface area contributed by atoms with Crippen LogP contribution in [0.25, 0.3) is 72.0 Å². The molecule has 0 radical (unpaired) electrons. The zero-order valence-corrected chi connectivity index (χ0v) is 30.9. The maximum atomic E-state index is 13.2. The minimum atomic E-state index is -4.64. The van der Waals surface area contributed by atoms with Crippen LogP contribution in [-0.4, -0.2) is 24.7 Å². The molecule has 0 spiro atoms. The second-order valence-electron chi connectivity index (χ2n) is 14.7. The van der Waals surface area contributed by atoms with Crippen LogP contribution < -0.4 is 0 Å². The van der Waals surface area contributed by atoms with Crippen molar-refractivity contribution in [2.45, 2.75) is 58.5 Å². The van der Waals surface area contributed by atoms with Crippen LogP contribution in [0.1, 0.15) is 58.4 Å². The molecule has 4 heterocycles. The summed E-state index contributed by atoms with van der Waals surface area (Å²) in [7, 11) is 0. The van der Waals surface area contributed by atoms with Crippen molar-refractivity contribution in [3.05, 3.63) is 114 Å². The molecule has 10 heteroatoms. The summed E-state index contributed by atoms with van der Waals surface area (Å²) >= 11 is 0. The summed E-state index contributed by atoms with van der Waals surface area (Å²) in [5, 5.41) is 12.7. The van der Waals surface area contributed by atoms with Crippen molar-refractivity contribution >= 4 is 38.4 Å². The van der Waals surface area contributed by atoms with Crippen LogP contribution in [0.4, 0.5) is 13.2 Å². The summed E-state index contributed by atoms with van der Waals surface area (Å²) in [6.45, 7) is 13.1. The summed E-state index contributed by atoms with van der Waals surface area (Å²) in [5.74, 6) is -1.15. The molecule has 258 valence electrons. The van der Waals surface area contributed by atoms with Gasteiger partial charge in [-0.25, -0.2) is 4.98 Å². The zero-order valence-electron chi connectivity index (χ0n) is 28.7. The van der Waals surface area contributed by atoms with Crippen LogP contribution in [0.3, 0.4) is 0 Å². The molecular weight excluding hydrogens is 831 g/mol. The van der Waals surface area contributed by atoms with Gasteiger partial charge in [-0.15, -0.1) is 62.6 Å². The molecule has 0 aliphatic carbocycles. The van der Waals surface area contributed by atoms with Crippen molar-refractivity contribution in [2.24, 2.45) is 0 Å². The number of rotatable bonds is 3. The summed E-state index contributed by atoms with van der Waals surface area (Å²) in [4.78, 5) is 9.17. The predicted molar refractivity (Wildman–Crippen MR) is 190 cm³/mol. The quantitative estimate of drug-likeness (QED) is 0.166. The first kappa shape index (κ1) is 34.6. The van der Waals surface area contributed by atoms with Crippen LogP contribution in [0.5, 0.6) is 0 Å². The smallest absolute Gasteiger partial charge is 0.366 e. The van der Waals surface area contributed by atoms with E-state index in [9.17, 15) is 13.2 Å². The molecule has 0 saturated carbocycles. The minimum absolute atomic E-state index is 0. The van der Waals surface area contributed by atoms with Gasteiger partial charge in [0.25, 0.3) is 0 Å². The molecule has 0 fully saturated rings. The van der Waals surface area contributed by atoms with Gasteiger partial charge in [-0.3, -0.25) is 4.98 Å². The van der Waals surface area contributed by atoms with Crippen LogP contribution in [0.2, 0.25) is 0 Å². The third-order valence-electron chi connectivity index (χ3n) is 9.06. The first-order valence-corrected chi connectivity index (χ1v) is 16.3. The van der Waals surface area contributed by atoms with Gasteiger partial charge in [-0.05, 0) is 27.7 Å². The second-order valence-corrected chi connectivity index (χ2v) is 14.7. The molecule has 4 aromatic heterocycles. The van der Waals surface area contributed by atoms with Crippen molar-refractivity contribution in [1.82, 2.24) is 24.7 Å². The monoisotopic (exact) mass is 862 g/mol. The number of hydrogen-bond acceptors (Lipinski definition) is 5. The molecule has 0 bridgehead atoms. The van der Waals surface area contributed by atoms with E-state index < -0.39 is 11.9 Å². The van der Waals surface area contributed by atoms with E-state index in [0.29, 0.717) is 16.8 Å². The maximum Gasteiger partial charge on any atom is 2.00 e. The van der Waals surface area contributed by atoms with Gasteiger partial charge in [-0.1, -0.05) is 112 Å². The van der Waals surface area contributed by atoms with E-state index in [1.807, 2.05) is 24.4 Å². The van der Waals surface area contributed by atoms with E-state index >= 15 is 0 Å². The number of imidazole rings is 1. The van der Waals surface area contributed by atoms with Crippen molar-refractivity contribution in [1.29, 1.82) is 0 Å². The Morgan fingerprint density at radius 1 is 0.706 bits per heavy atom. The average Bonchev–Trinajstić information content (AvgIpc) is 3.65. The maximum absolute atomic E-state index is 13.2. The fourth-order valence-electron chi connectivity index (χ4n) is 6.38. The Balaban J connectivity index is 0.00000406. The fraction of sp³-hybridized carbons (Fsp3) is 0.220. The number of halogens is 3. The standard InChI is InChI=1S/C41H32F3N5O.Pt/c1-39(2,3)28-16-26(15-27(17-28)33-19-23-9-7-8-10-25(23)22-45-33)29-13-14-32(40(4,5)6)30-12-11-24(18-31(29)30)34-20-35-38(48-47-34)49-37(46-35)21-36(50-49)41(42,43)44;/h7-14,16-17,19-22H,1-6H3;/q-2;+2. The van der Waals surface area contributed by atoms with Gasteiger partial charge in [0, 0.05) is 23.7 Å². The third kappa shape index (κ3) is 6.22. The number of fused-ring (bicyclic) bond motifs is 5. The Bertz CT molecular complexity index is 2630. The predicted octanol–water partition coefficient (Wildman–Crippen LogP) is 10.8. The molecule has 0 unspecified atom stereocenters. The first-order valence-electron chi connectivity index (χ1n) is 16.3. The van der Waals surface area contributed by atoms with E-state index in [2.05, 4.69) is 117 Å². The molecule has 0 atom stereocenters. The van der Waals surface area contributed by atoms with Crippen molar-refractivity contribution in [3.8, 4) is 33.6 Å². The average molecular weight is 863 g/mol. The van der Waals surface area contributed by atoms with Crippen LogP contribution >= 0.6 is 0 Å². The molecule has 0 aliphatic heterocycles. The van der Waals surface area contributed by atoms with Gasteiger partial charge in [-0.2, -0.15) is 18.3 Å². The van der Waals surface area contributed by atoms with Crippen molar-refractivity contribution < 1.29 is 38.8 Å². The van der Waals surface area contributed by atoms with Crippen LogP contribution in [-0.2, 0) is 38.1 Å². The van der Waals surface area contributed by atoms with E-state index in [-0.39, 0.29) is 43.2 Å². The Morgan fingerprint density at radius 2 is 1.45 bits per heavy atom. The Labute approximate surface area is 307 Å². The molecule has 8 rings (SSSR count). The summed E-state index contributed by atoms with van der Waals surface area (Å²) < 4.78 is 45.7. The van der Waals surface area contributed by atoms with E-state index in [4.69, 9.17) is 9.51 Å². The largest absolute Gasteiger partial charge is 2.00 e. The molecule has 51 heavy (non-hydrogen) atoms. The molecule has 0 saturated heterocycles. The van der Waals surface area contributed by atoms with Crippen LogP contribution in [0.15, 0.2) is 89.6 Å². The number of nitrogens with zero attached hydrogens (tertiary/aromatic N) is 5. The molecule has 0 aliphatic rings. The Hall–Kier alpha value is -4.88. The number of alkyl halides is 3. The first-order chi connectivity index (χ1) is 23.6. The molecule has 0 N–H and O–H groups in total. The molecular formula is C41H32F3N5OPt. The zero-order chi connectivity index (χ0) is 35.2. The number of pyridine rings is 1. The summed E-state index contributed by atoms with van der Waals surface area (Å²) in [6, 6.07) is 32.9. The van der Waals surface area contributed by atoms with Gasteiger partial charge < -0.3 is 4.52 Å². The van der Waals surface area contributed by atoms with E-state index in [1.54, 1.807) is 6.07 Å². The van der Waals surface area contributed by atoms with Gasteiger partial charge >= 0.3 is 27.2 Å². The minimum Gasteiger partial charge on any atom is -0.366 e. The number of hydrogen-bond donors (Lipinski definition) is 0. The number of benzene rings is 4. The topological polar surface area (TPSA) is 69.1 Å². The van der Waals surface area contributed by atoms with Gasteiger partial charge in [0.2, 0.25) is 11.4 Å². The fourth-order valence-corrected chi connectivity index (χ4v) is 6.38. The van der Waals surface area contributed by atoms with E-state index in [0.717, 1.165) is 60.1 Å². The van der Waals surface area contributed by atoms with Gasteiger partial charge in [0.1, 0.15) is 5.52 Å². The van der Waals surface area contributed by atoms with Crippen molar-refractivity contribution in [3.63, 3.8) is 0 Å². The molecule has 4 aromatic carbocycles. The van der Waals surface area contributed by atoms with Gasteiger partial charge in [0.05, 0.1) is 0 Å². The third-order valence-corrected chi connectivity index (χ3v) is 9.06. The second kappa shape index (κ2) is 12.1.